The first-order valence-corrected chi connectivity index (χ1v) is 4.35. The molecule has 0 atom stereocenters. The predicted octanol–water partition coefficient (Wildman–Crippen LogP) is 3.57. The van der Waals surface area contributed by atoms with Gasteiger partial charge in [-0.2, -0.15) is 13.2 Å². The maximum Gasteiger partial charge on any atom is 0.444 e. The molecular weight excluding hydrogens is 268 g/mol. The molecule has 0 aromatic heterocycles. The van der Waals surface area contributed by atoms with Crippen molar-refractivity contribution in [3.8, 4) is 0 Å². The van der Waals surface area contributed by atoms with E-state index >= 15 is 0 Å². The monoisotopic (exact) mass is 270 g/mol. The smallest absolute Gasteiger partial charge is 0.258 e. The van der Waals surface area contributed by atoms with Crippen LogP contribution in [0.1, 0.15) is 0 Å². The molecule has 1 rings (SSSR count). The maximum atomic E-state index is 13.1. The molecule has 0 aliphatic carbocycles. The van der Waals surface area contributed by atoms with Crippen molar-refractivity contribution >= 4 is 28.1 Å². The van der Waals surface area contributed by atoms with Crippen LogP contribution in [0.2, 0.25) is 0 Å². The fraction of sp³-hybridized carbons (Fsp3) is 0.125. The van der Waals surface area contributed by atoms with Crippen molar-refractivity contribution < 1.29 is 22.5 Å². The Hall–Kier alpha value is -1.70. The lowest BCUT2D eigenvalue weighted by molar-refractivity contribution is -0.384. The summed E-state index contributed by atoms with van der Waals surface area (Å²) in [6.07, 6.45) is -4.99. The van der Waals surface area contributed by atoms with E-state index in [1.165, 1.54) is 0 Å². The highest BCUT2D eigenvalue weighted by Crippen LogP contribution is 2.32. The summed E-state index contributed by atoms with van der Waals surface area (Å²) in [6.45, 7) is 0. The molecule has 0 saturated heterocycles. The van der Waals surface area contributed by atoms with Gasteiger partial charge in [0.05, 0.1) is 4.92 Å². The number of benzene rings is 1. The lowest BCUT2D eigenvalue weighted by Crippen LogP contribution is -2.16. The molecular formula is C8H3ClF4N2O2. The molecule has 0 bridgehead atoms. The van der Waals surface area contributed by atoms with Crippen LogP contribution in [-0.4, -0.2) is 16.3 Å². The van der Waals surface area contributed by atoms with Gasteiger partial charge in [-0.1, -0.05) is 17.7 Å². The van der Waals surface area contributed by atoms with Crippen LogP contribution in [0.15, 0.2) is 23.2 Å². The van der Waals surface area contributed by atoms with Crippen LogP contribution < -0.4 is 0 Å². The number of nitrogens with zero attached hydrogens (tertiary/aromatic N) is 2. The number of aliphatic imine (C=N–C) groups is 1. The Morgan fingerprint density at radius 3 is 2.47 bits per heavy atom. The quantitative estimate of drug-likeness (QED) is 0.357. The molecule has 9 heteroatoms. The van der Waals surface area contributed by atoms with Gasteiger partial charge < -0.3 is 0 Å². The zero-order valence-corrected chi connectivity index (χ0v) is 8.59. The predicted molar refractivity (Wildman–Crippen MR) is 52.1 cm³/mol. The van der Waals surface area contributed by atoms with E-state index in [2.05, 4.69) is 4.99 Å². The van der Waals surface area contributed by atoms with Crippen molar-refractivity contribution in [3.63, 3.8) is 0 Å². The average molecular weight is 271 g/mol. The van der Waals surface area contributed by atoms with Gasteiger partial charge in [-0.05, 0) is 6.07 Å². The average Bonchev–Trinajstić information content (AvgIpc) is 2.18. The van der Waals surface area contributed by atoms with Gasteiger partial charge in [0.25, 0.3) is 5.69 Å². The van der Waals surface area contributed by atoms with E-state index in [9.17, 15) is 27.7 Å². The summed E-state index contributed by atoms with van der Waals surface area (Å²) in [4.78, 5) is 12.1. The minimum absolute atomic E-state index is 0.742. The summed E-state index contributed by atoms with van der Waals surface area (Å²) < 4.78 is 49.3. The number of hydrogen-bond donors (Lipinski definition) is 0. The van der Waals surface area contributed by atoms with Crippen molar-refractivity contribution in [2.24, 2.45) is 4.99 Å². The summed E-state index contributed by atoms with van der Waals surface area (Å²) in [5, 5.41) is 8.57. The molecule has 0 fully saturated rings. The Kier molecular flexibility index (Phi) is 3.66. The topological polar surface area (TPSA) is 55.5 Å². The van der Waals surface area contributed by atoms with Crippen LogP contribution in [0.3, 0.4) is 0 Å². The minimum Gasteiger partial charge on any atom is -0.258 e. The Bertz CT molecular complexity index is 487. The van der Waals surface area contributed by atoms with E-state index in [-0.39, 0.29) is 0 Å². The molecule has 0 amide bonds. The molecule has 0 spiro atoms. The number of nitro benzene ring substituents is 1. The number of para-hydroxylation sites is 1. The Labute approximate surface area is 96.7 Å². The van der Waals surface area contributed by atoms with Gasteiger partial charge in [-0.15, -0.1) is 0 Å². The second-order valence-corrected chi connectivity index (χ2v) is 3.12. The van der Waals surface area contributed by atoms with Crippen LogP contribution in [0.25, 0.3) is 0 Å². The molecule has 1 aromatic carbocycles. The lowest BCUT2D eigenvalue weighted by atomic mass is 10.2. The highest BCUT2D eigenvalue weighted by molar-refractivity contribution is 6.67. The van der Waals surface area contributed by atoms with Gasteiger partial charge in [-0.3, -0.25) is 10.1 Å². The first kappa shape index (κ1) is 13.4. The zero-order chi connectivity index (χ0) is 13.2. The van der Waals surface area contributed by atoms with E-state index in [1.54, 1.807) is 0 Å². The van der Waals surface area contributed by atoms with Gasteiger partial charge in [0.1, 0.15) is 0 Å². The molecule has 92 valence electrons. The van der Waals surface area contributed by atoms with Gasteiger partial charge in [0, 0.05) is 6.07 Å². The standard InChI is InChI=1S/C8H3ClF4N2O2/c9-7(8(11,12)13)14-6-4(10)2-1-3-5(6)15(16)17/h1-3H. The number of hydrogen-bond acceptors (Lipinski definition) is 3. The Morgan fingerprint density at radius 1 is 1.41 bits per heavy atom. The van der Waals surface area contributed by atoms with Crippen LogP contribution in [0.5, 0.6) is 0 Å². The van der Waals surface area contributed by atoms with Gasteiger partial charge >= 0.3 is 6.18 Å². The van der Waals surface area contributed by atoms with Gasteiger partial charge in [0.2, 0.25) is 5.17 Å². The highest BCUT2D eigenvalue weighted by Gasteiger charge is 2.35. The molecule has 0 heterocycles. The number of rotatable bonds is 2. The van der Waals surface area contributed by atoms with Crippen LogP contribution in [0, 0.1) is 15.9 Å². The van der Waals surface area contributed by atoms with E-state index < -0.39 is 33.5 Å². The third-order valence-corrected chi connectivity index (χ3v) is 1.90. The molecule has 0 saturated carbocycles. The first-order chi connectivity index (χ1) is 7.73. The van der Waals surface area contributed by atoms with Crippen molar-refractivity contribution in [2.75, 3.05) is 0 Å². The summed E-state index contributed by atoms with van der Waals surface area (Å²) in [5.74, 6) is -1.26. The van der Waals surface area contributed by atoms with Crippen molar-refractivity contribution in [1.29, 1.82) is 0 Å². The summed E-state index contributed by atoms with van der Waals surface area (Å²) in [7, 11) is 0. The third kappa shape index (κ3) is 3.13. The van der Waals surface area contributed by atoms with Gasteiger partial charge in [0.15, 0.2) is 11.5 Å². The molecule has 0 radical (unpaired) electrons. The second-order valence-electron chi connectivity index (χ2n) is 2.77. The Balaban J connectivity index is 3.36. The Morgan fingerprint density at radius 2 is 2.00 bits per heavy atom. The van der Waals surface area contributed by atoms with Crippen molar-refractivity contribution in [2.45, 2.75) is 6.18 Å². The molecule has 0 aliphatic rings. The second kappa shape index (κ2) is 4.66. The SMILES string of the molecule is O=[N+]([O-])c1cccc(F)c1N=C(Cl)C(F)(F)F. The minimum atomic E-state index is -4.99. The summed E-state index contributed by atoms with van der Waals surface area (Å²) in [6, 6.07) is 2.54. The van der Waals surface area contributed by atoms with Crippen LogP contribution >= 0.6 is 11.6 Å². The highest BCUT2D eigenvalue weighted by atomic mass is 35.5. The molecule has 4 nitrogen and oxygen atoms in total. The molecule has 0 unspecified atom stereocenters. The van der Waals surface area contributed by atoms with Crippen LogP contribution in [0.4, 0.5) is 28.9 Å². The number of alkyl halides is 3. The fourth-order valence-corrected chi connectivity index (χ4v) is 1.01. The summed E-state index contributed by atoms with van der Waals surface area (Å²) >= 11 is 4.78. The molecule has 1 aromatic rings. The number of halogens is 5. The van der Waals surface area contributed by atoms with Crippen molar-refractivity contribution in [1.82, 2.24) is 0 Å². The fourth-order valence-electron chi connectivity index (χ4n) is 0.924. The van der Waals surface area contributed by atoms with Crippen LogP contribution in [-0.2, 0) is 0 Å². The van der Waals surface area contributed by atoms with Gasteiger partial charge in [-0.25, -0.2) is 9.38 Å². The lowest BCUT2D eigenvalue weighted by Gasteiger charge is -2.04. The maximum absolute atomic E-state index is 13.1. The zero-order valence-electron chi connectivity index (χ0n) is 7.83. The normalized spacial score (nSPS) is 12.6. The first-order valence-electron chi connectivity index (χ1n) is 3.97. The van der Waals surface area contributed by atoms with E-state index in [0.29, 0.717) is 0 Å². The third-order valence-electron chi connectivity index (χ3n) is 1.61. The molecule has 0 N–H and O–H groups in total. The van der Waals surface area contributed by atoms with E-state index in [0.717, 1.165) is 18.2 Å². The van der Waals surface area contributed by atoms with Crippen molar-refractivity contribution in [3.05, 3.63) is 34.1 Å². The summed E-state index contributed by atoms with van der Waals surface area (Å²) in [5.41, 5.74) is -1.95. The largest absolute Gasteiger partial charge is 0.444 e. The molecule has 0 aliphatic heterocycles. The van der Waals surface area contributed by atoms with E-state index in [1.807, 2.05) is 0 Å². The molecule has 17 heavy (non-hydrogen) atoms. The van der Waals surface area contributed by atoms with E-state index in [4.69, 9.17) is 11.6 Å². The number of nitro groups is 1.